The molecule has 1 saturated heterocycles. The number of ketones is 1. The summed E-state index contributed by atoms with van der Waals surface area (Å²) >= 11 is 0. The summed E-state index contributed by atoms with van der Waals surface area (Å²) < 4.78 is 0. The van der Waals surface area contributed by atoms with E-state index in [9.17, 15) is 4.79 Å². The van der Waals surface area contributed by atoms with Crippen LogP contribution in [0.2, 0.25) is 0 Å². The molecule has 0 spiro atoms. The largest absolute Gasteiger partial charge is 0.316 e. The number of piperidine rings is 1. The molecule has 1 N–H and O–H groups in total. The predicted octanol–water partition coefficient (Wildman–Crippen LogP) is 2.89. The van der Waals surface area contributed by atoms with Crippen molar-refractivity contribution < 1.29 is 4.79 Å². The van der Waals surface area contributed by atoms with Crippen molar-refractivity contribution in [3.05, 3.63) is 35.4 Å². The molecule has 1 aromatic rings. The van der Waals surface area contributed by atoms with Crippen molar-refractivity contribution in [1.29, 1.82) is 0 Å². The topological polar surface area (TPSA) is 29.1 Å². The highest BCUT2D eigenvalue weighted by molar-refractivity contribution is 5.81. The Morgan fingerprint density at radius 1 is 1.39 bits per heavy atom. The molecule has 0 unspecified atom stereocenters. The summed E-state index contributed by atoms with van der Waals surface area (Å²) in [6, 6.07) is 8.46. The average Bonchev–Trinajstić information content (AvgIpc) is 2.42. The molecule has 1 fully saturated rings. The molecule has 0 amide bonds. The van der Waals surface area contributed by atoms with Crippen LogP contribution in [0, 0.1) is 12.8 Å². The monoisotopic (exact) mass is 245 g/mol. The second-order valence-corrected chi connectivity index (χ2v) is 5.29. The predicted molar refractivity (Wildman–Crippen MR) is 74.7 cm³/mol. The van der Waals surface area contributed by atoms with Gasteiger partial charge in [0.1, 0.15) is 5.78 Å². The van der Waals surface area contributed by atoms with Gasteiger partial charge in [0.15, 0.2) is 0 Å². The summed E-state index contributed by atoms with van der Waals surface area (Å²) in [7, 11) is 0. The standard InChI is InChI=1S/C16H23NO/c1-13-6-2-3-7-14(13)8-4-10-16(18)15-9-5-11-17-12-15/h2-3,6-7,15,17H,4-5,8-12H2,1H3/t15-/m1/s1. The van der Waals surface area contributed by atoms with E-state index >= 15 is 0 Å². The minimum atomic E-state index is 0.274. The zero-order valence-corrected chi connectivity index (χ0v) is 11.2. The van der Waals surface area contributed by atoms with E-state index in [1.165, 1.54) is 11.1 Å². The zero-order chi connectivity index (χ0) is 12.8. The minimum absolute atomic E-state index is 0.274. The second kappa shape index (κ2) is 6.69. The lowest BCUT2D eigenvalue weighted by Gasteiger charge is -2.21. The van der Waals surface area contributed by atoms with Gasteiger partial charge in [0.05, 0.1) is 0 Å². The molecule has 1 atom stereocenters. The summed E-state index contributed by atoms with van der Waals surface area (Å²) in [5, 5.41) is 3.31. The number of Topliss-reactive ketones (excluding diaryl/α,β-unsaturated/α-hetero) is 1. The number of carbonyl (C=O) groups is 1. The normalized spacial score (nSPS) is 19.7. The summed E-state index contributed by atoms with van der Waals surface area (Å²) in [6.07, 6.45) is 4.98. The van der Waals surface area contributed by atoms with Crippen molar-refractivity contribution in [1.82, 2.24) is 5.32 Å². The first-order valence-electron chi connectivity index (χ1n) is 7.05. The molecule has 0 aliphatic carbocycles. The Labute approximate surface area is 110 Å². The van der Waals surface area contributed by atoms with Crippen LogP contribution >= 0.6 is 0 Å². The van der Waals surface area contributed by atoms with E-state index in [1.54, 1.807) is 0 Å². The zero-order valence-electron chi connectivity index (χ0n) is 11.2. The number of carbonyl (C=O) groups excluding carboxylic acids is 1. The minimum Gasteiger partial charge on any atom is -0.316 e. The van der Waals surface area contributed by atoms with Gasteiger partial charge >= 0.3 is 0 Å². The number of hydrogen-bond donors (Lipinski definition) is 1. The van der Waals surface area contributed by atoms with Gasteiger partial charge in [-0.3, -0.25) is 4.79 Å². The van der Waals surface area contributed by atoms with Crippen LogP contribution in [0.3, 0.4) is 0 Å². The first kappa shape index (κ1) is 13.3. The van der Waals surface area contributed by atoms with Crippen LogP contribution in [-0.2, 0) is 11.2 Å². The van der Waals surface area contributed by atoms with Crippen LogP contribution in [0.1, 0.15) is 36.8 Å². The Balaban J connectivity index is 1.75. The fourth-order valence-electron chi connectivity index (χ4n) is 2.67. The summed E-state index contributed by atoms with van der Waals surface area (Å²) in [6.45, 7) is 4.11. The maximum atomic E-state index is 12.0. The molecular formula is C16H23NO. The van der Waals surface area contributed by atoms with Crippen molar-refractivity contribution >= 4 is 5.78 Å². The van der Waals surface area contributed by atoms with Gasteiger partial charge in [-0.2, -0.15) is 0 Å². The third-order valence-corrected chi connectivity index (χ3v) is 3.88. The molecule has 2 nitrogen and oxygen atoms in total. The Bertz CT molecular complexity index is 394. The Kier molecular flexibility index (Phi) is 4.94. The van der Waals surface area contributed by atoms with Gasteiger partial charge < -0.3 is 5.32 Å². The molecule has 0 bridgehead atoms. The fraction of sp³-hybridized carbons (Fsp3) is 0.562. The van der Waals surface area contributed by atoms with Gasteiger partial charge in [-0.15, -0.1) is 0 Å². The smallest absolute Gasteiger partial charge is 0.137 e. The lowest BCUT2D eigenvalue weighted by molar-refractivity contribution is -0.123. The quantitative estimate of drug-likeness (QED) is 0.864. The molecule has 1 aromatic carbocycles. The number of nitrogens with one attached hydrogen (secondary N) is 1. The van der Waals surface area contributed by atoms with Gasteiger partial charge in [-0.05, 0) is 50.3 Å². The van der Waals surface area contributed by atoms with Crippen LogP contribution in [0.5, 0.6) is 0 Å². The molecule has 1 aliphatic rings. The Morgan fingerprint density at radius 2 is 2.22 bits per heavy atom. The molecule has 0 aromatic heterocycles. The average molecular weight is 245 g/mol. The van der Waals surface area contributed by atoms with Gasteiger partial charge in [0, 0.05) is 18.9 Å². The van der Waals surface area contributed by atoms with E-state index in [4.69, 9.17) is 0 Å². The second-order valence-electron chi connectivity index (χ2n) is 5.29. The van der Waals surface area contributed by atoms with E-state index < -0.39 is 0 Å². The van der Waals surface area contributed by atoms with Gasteiger partial charge in [0.25, 0.3) is 0 Å². The van der Waals surface area contributed by atoms with Crippen LogP contribution < -0.4 is 5.32 Å². The van der Waals surface area contributed by atoms with Gasteiger partial charge in [0.2, 0.25) is 0 Å². The van der Waals surface area contributed by atoms with Crippen LogP contribution in [0.25, 0.3) is 0 Å². The Morgan fingerprint density at radius 3 is 2.94 bits per heavy atom. The summed E-state index contributed by atoms with van der Waals surface area (Å²) in [5.74, 6) is 0.728. The SMILES string of the molecule is Cc1ccccc1CCCC(=O)[C@@H]1CCCNC1. The number of rotatable bonds is 5. The van der Waals surface area contributed by atoms with E-state index in [0.29, 0.717) is 5.78 Å². The van der Waals surface area contributed by atoms with Crippen LogP contribution in [-0.4, -0.2) is 18.9 Å². The molecule has 0 saturated carbocycles. The van der Waals surface area contributed by atoms with Gasteiger partial charge in [-0.25, -0.2) is 0 Å². The molecular weight excluding hydrogens is 222 g/mol. The van der Waals surface area contributed by atoms with Crippen molar-refractivity contribution in [3.8, 4) is 0 Å². The van der Waals surface area contributed by atoms with E-state index in [-0.39, 0.29) is 5.92 Å². The number of hydrogen-bond acceptors (Lipinski definition) is 2. The summed E-state index contributed by atoms with van der Waals surface area (Å²) in [4.78, 5) is 12.0. The van der Waals surface area contributed by atoms with E-state index in [1.807, 2.05) is 0 Å². The van der Waals surface area contributed by atoms with E-state index in [0.717, 1.165) is 45.2 Å². The first-order valence-corrected chi connectivity index (χ1v) is 7.05. The lowest BCUT2D eigenvalue weighted by Crippen LogP contribution is -2.34. The van der Waals surface area contributed by atoms with Crippen molar-refractivity contribution in [2.75, 3.05) is 13.1 Å². The Hall–Kier alpha value is -1.15. The van der Waals surface area contributed by atoms with Crippen molar-refractivity contribution in [2.24, 2.45) is 5.92 Å². The molecule has 98 valence electrons. The molecule has 1 heterocycles. The fourth-order valence-corrected chi connectivity index (χ4v) is 2.67. The third-order valence-electron chi connectivity index (χ3n) is 3.88. The highest BCUT2D eigenvalue weighted by atomic mass is 16.1. The molecule has 0 radical (unpaired) electrons. The summed E-state index contributed by atoms with van der Waals surface area (Å²) in [5.41, 5.74) is 2.72. The van der Waals surface area contributed by atoms with Crippen LogP contribution in [0.4, 0.5) is 0 Å². The third kappa shape index (κ3) is 3.67. The molecule has 2 rings (SSSR count). The molecule has 2 heteroatoms. The number of aryl methyl sites for hydroxylation is 2. The van der Waals surface area contributed by atoms with E-state index in [2.05, 4.69) is 36.5 Å². The number of benzene rings is 1. The molecule has 1 aliphatic heterocycles. The highest BCUT2D eigenvalue weighted by Gasteiger charge is 2.19. The van der Waals surface area contributed by atoms with Gasteiger partial charge in [-0.1, -0.05) is 24.3 Å². The van der Waals surface area contributed by atoms with Crippen molar-refractivity contribution in [2.45, 2.75) is 39.0 Å². The highest BCUT2D eigenvalue weighted by Crippen LogP contribution is 2.16. The lowest BCUT2D eigenvalue weighted by atomic mass is 9.91. The first-order chi connectivity index (χ1) is 8.77. The van der Waals surface area contributed by atoms with Crippen molar-refractivity contribution in [3.63, 3.8) is 0 Å². The molecule has 18 heavy (non-hydrogen) atoms. The van der Waals surface area contributed by atoms with Crippen LogP contribution in [0.15, 0.2) is 24.3 Å². The maximum Gasteiger partial charge on any atom is 0.137 e. The maximum absolute atomic E-state index is 12.0.